The number of hydrogen-bond acceptors (Lipinski definition) is 5. The van der Waals surface area contributed by atoms with Crippen LogP contribution in [0.15, 0.2) is 41.9 Å². The lowest BCUT2D eigenvalue weighted by atomic mass is 10.1. The molecule has 0 fully saturated rings. The van der Waals surface area contributed by atoms with E-state index in [1.54, 1.807) is 12.3 Å². The quantitative estimate of drug-likeness (QED) is 0.760. The van der Waals surface area contributed by atoms with Gasteiger partial charge in [0.1, 0.15) is 5.69 Å². The molecule has 118 valence electrons. The molecule has 2 rings (SSSR count). The van der Waals surface area contributed by atoms with Gasteiger partial charge >= 0.3 is 0 Å². The number of carbonyl (C=O) groups is 1. The second-order valence-corrected chi connectivity index (χ2v) is 5.44. The van der Waals surface area contributed by atoms with Crippen molar-refractivity contribution in [2.75, 3.05) is 19.8 Å². The Hall–Kier alpha value is -1.76. The van der Waals surface area contributed by atoms with Gasteiger partial charge in [0.05, 0.1) is 11.4 Å². The lowest BCUT2D eigenvalue weighted by molar-refractivity contribution is -0.240. The van der Waals surface area contributed by atoms with Crippen LogP contribution in [0.1, 0.15) is 29.2 Å². The Balaban J connectivity index is 2.18. The number of ether oxygens (including phenoxy) is 2. The van der Waals surface area contributed by atoms with Crippen LogP contribution in [0.2, 0.25) is 0 Å². The Labute approximate surface area is 134 Å². The molecule has 0 bridgehead atoms. The average molecular weight is 320 g/mol. The summed E-state index contributed by atoms with van der Waals surface area (Å²) < 4.78 is 11.7. The van der Waals surface area contributed by atoms with Gasteiger partial charge in [-0.3, -0.25) is 9.78 Å². The van der Waals surface area contributed by atoms with Gasteiger partial charge in [0, 0.05) is 19.4 Å². The fraction of sp³-hybridized carbons (Fsp3) is 0.375. The first-order valence-electron chi connectivity index (χ1n) is 7.23. The average Bonchev–Trinajstić information content (AvgIpc) is 3.08. The van der Waals surface area contributed by atoms with Crippen molar-refractivity contribution in [2.45, 2.75) is 19.6 Å². The summed E-state index contributed by atoms with van der Waals surface area (Å²) in [4.78, 5) is 17.1. The molecular weight excluding hydrogens is 300 g/mol. The molecule has 5 nitrogen and oxygen atoms in total. The van der Waals surface area contributed by atoms with E-state index in [0.717, 1.165) is 0 Å². The highest BCUT2D eigenvalue weighted by Gasteiger charge is 2.36. The van der Waals surface area contributed by atoms with E-state index in [9.17, 15) is 4.79 Å². The normalized spacial score (nSPS) is 11.4. The fourth-order valence-electron chi connectivity index (χ4n) is 2.13. The third-order valence-electron chi connectivity index (χ3n) is 3.04. The molecule has 2 aromatic heterocycles. The van der Waals surface area contributed by atoms with E-state index < -0.39 is 5.79 Å². The molecule has 0 aliphatic rings. The molecule has 22 heavy (non-hydrogen) atoms. The fourth-order valence-corrected chi connectivity index (χ4v) is 2.77. The topological polar surface area (TPSA) is 60.5 Å². The SMILES string of the molecule is CCOC(CNC(=O)c1cccs1)(OCC)c1ccccn1. The molecule has 0 saturated carbocycles. The molecule has 0 unspecified atom stereocenters. The molecule has 0 saturated heterocycles. The lowest BCUT2D eigenvalue weighted by Gasteiger charge is -2.32. The molecule has 6 heteroatoms. The van der Waals surface area contributed by atoms with Gasteiger partial charge < -0.3 is 14.8 Å². The predicted molar refractivity (Wildman–Crippen MR) is 85.8 cm³/mol. The number of nitrogens with one attached hydrogen (secondary N) is 1. The molecule has 0 atom stereocenters. The largest absolute Gasteiger partial charge is 0.345 e. The number of rotatable bonds is 8. The van der Waals surface area contributed by atoms with E-state index in [1.807, 2.05) is 43.5 Å². The molecule has 1 amide bonds. The third-order valence-corrected chi connectivity index (χ3v) is 3.91. The van der Waals surface area contributed by atoms with Crippen LogP contribution in [0.5, 0.6) is 0 Å². The summed E-state index contributed by atoms with van der Waals surface area (Å²) in [6, 6.07) is 9.16. The summed E-state index contributed by atoms with van der Waals surface area (Å²) in [6.07, 6.45) is 1.68. The Morgan fingerprint density at radius 3 is 2.55 bits per heavy atom. The minimum absolute atomic E-state index is 0.144. The standard InChI is InChI=1S/C16H20N2O3S/c1-3-20-16(21-4-2,14-9-5-6-10-17-14)12-18-15(19)13-8-7-11-22-13/h5-11H,3-4,12H2,1-2H3,(H,18,19). The maximum Gasteiger partial charge on any atom is 0.261 e. The molecular formula is C16H20N2O3S. The Morgan fingerprint density at radius 2 is 2.00 bits per heavy atom. The molecule has 0 spiro atoms. The second kappa shape index (κ2) is 8.03. The van der Waals surface area contributed by atoms with Crippen molar-refractivity contribution < 1.29 is 14.3 Å². The first-order chi connectivity index (χ1) is 10.7. The Bertz CT molecular complexity index is 566. The van der Waals surface area contributed by atoms with Gasteiger partial charge in [-0.25, -0.2) is 0 Å². The van der Waals surface area contributed by atoms with E-state index in [0.29, 0.717) is 23.8 Å². The van der Waals surface area contributed by atoms with E-state index in [1.165, 1.54) is 11.3 Å². The van der Waals surface area contributed by atoms with Gasteiger partial charge in [-0.05, 0) is 37.4 Å². The Morgan fingerprint density at radius 1 is 1.23 bits per heavy atom. The van der Waals surface area contributed by atoms with Crippen LogP contribution in [0, 0.1) is 0 Å². The molecule has 0 aliphatic heterocycles. The van der Waals surface area contributed by atoms with Crippen LogP contribution in [-0.4, -0.2) is 30.6 Å². The van der Waals surface area contributed by atoms with Gasteiger partial charge in [0.25, 0.3) is 5.91 Å². The zero-order valence-corrected chi connectivity index (χ0v) is 13.6. The number of aromatic nitrogens is 1. The predicted octanol–water partition coefficient (Wildman–Crippen LogP) is 2.80. The maximum absolute atomic E-state index is 12.2. The lowest BCUT2D eigenvalue weighted by Crippen LogP contribution is -2.45. The maximum atomic E-state index is 12.2. The zero-order chi connectivity index (χ0) is 15.8. The van der Waals surface area contributed by atoms with E-state index in [4.69, 9.17) is 9.47 Å². The molecule has 0 aliphatic carbocycles. The van der Waals surface area contributed by atoms with Crippen molar-refractivity contribution >= 4 is 17.2 Å². The zero-order valence-electron chi connectivity index (χ0n) is 12.7. The van der Waals surface area contributed by atoms with Crippen molar-refractivity contribution in [1.29, 1.82) is 0 Å². The van der Waals surface area contributed by atoms with Gasteiger partial charge in [-0.2, -0.15) is 0 Å². The van der Waals surface area contributed by atoms with Crippen LogP contribution in [0.25, 0.3) is 0 Å². The summed E-state index contributed by atoms with van der Waals surface area (Å²) in [5.74, 6) is -1.22. The molecule has 0 radical (unpaired) electrons. The first kappa shape index (κ1) is 16.6. The van der Waals surface area contributed by atoms with Crippen LogP contribution in [0.3, 0.4) is 0 Å². The monoisotopic (exact) mass is 320 g/mol. The molecule has 2 aromatic rings. The van der Waals surface area contributed by atoms with Crippen LogP contribution < -0.4 is 5.32 Å². The van der Waals surface area contributed by atoms with Crippen molar-refractivity contribution in [3.8, 4) is 0 Å². The van der Waals surface area contributed by atoms with Crippen LogP contribution >= 0.6 is 11.3 Å². The highest BCUT2D eigenvalue weighted by molar-refractivity contribution is 7.12. The van der Waals surface area contributed by atoms with Gasteiger partial charge in [0.15, 0.2) is 0 Å². The number of amides is 1. The van der Waals surface area contributed by atoms with E-state index in [2.05, 4.69) is 10.3 Å². The third kappa shape index (κ3) is 3.91. The summed E-state index contributed by atoms with van der Waals surface area (Å²) in [5.41, 5.74) is 0.644. The first-order valence-corrected chi connectivity index (χ1v) is 8.11. The van der Waals surface area contributed by atoms with Gasteiger partial charge in [0.2, 0.25) is 5.79 Å². The van der Waals surface area contributed by atoms with Crippen molar-refractivity contribution in [3.63, 3.8) is 0 Å². The Kier molecular flexibility index (Phi) is 6.06. The minimum Gasteiger partial charge on any atom is -0.345 e. The number of nitrogens with zero attached hydrogens (tertiary/aromatic N) is 1. The van der Waals surface area contributed by atoms with Crippen molar-refractivity contribution in [3.05, 3.63) is 52.5 Å². The number of hydrogen-bond donors (Lipinski definition) is 1. The molecule has 0 aromatic carbocycles. The van der Waals surface area contributed by atoms with Crippen LogP contribution in [0.4, 0.5) is 0 Å². The summed E-state index contributed by atoms with van der Waals surface area (Å²) in [7, 11) is 0. The van der Waals surface area contributed by atoms with E-state index in [-0.39, 0.29) is 12.5 Å². The van der Waals surface area contributed by atoms with Crippen molar-refractivity contribution in [1.82, 2.24) is 10.3 Å². The smallest absolute Gasteiger partial charge is 0.261 e. The van der Waals surface area contributed by atoms with Gasteiger partial charge in [-0.1, -0.05) is 12.1 Å². The second-order valence-electron chi connectivity index (χ2n) is 4.49. The number of carbonyl (C=O) groups excluding carboxylic acids is 1. The molecule has 1 N–H and O–H groups in total. The number of thiophene rings is 1. The summed E-state index contributed by atoms with van der Waals surface area (Å²) >= 11 is 1.39. The van der Waals surface area contributed by atoms with Gasteiger partial charge in [-0.15, -0.1) is 11.3 Å². The summed E-state index contributed by atoms with van der Waals surface area (Å²) in [5, 5.41) is 4.74. The highest BCUT2D eigenvalue weighted by Crippen LogP contribution is 2.25. The van der Waals surface area contributed by atoms with E-state index >= 15 is 0 Å². The van der Waals surface area contributed by atoms with Crippen molar-refractivity contribution in [2.24, 2.45) is 0 Å². The van der Waals surface area contributed by atoms with Crippen LogP contribution in [-0.2, 0) is 15.3 Å². The highest BCUT2D eigenvalue weighted by atomic mass is 32.1. The molecule has 2 heterocycles. The summed E-state index contributed by atoms with van der Waals surface area (Å²) in [6.45, 7) is 4.87. The number of pyridine rings is 1. The minimum atomic E-state index is -1.07.